The summed E-state index contributed by atoms with van der Waals surface area (Å²) >= 11 is 0. The van der Waals surface area contributed by atoms with Crippen molar-refractivity contribution in [3.8, 4) is 0 Å². The van der Waals surface area contributed by atoms with E-state index in [0.717, 1.165) is 38.6 Å². The van der Waals surface area contributed by atoms with Gasteiger partial charge in [-0.05, 0) is 32.2 Å². The van der Waals surface area contributed by atoms with E-state index in [2.05, 4.69) is 5.32 Å². The van der Waals surface area contributed by atoms with Crippen LogP contribution in [0.5, 0.6) is 0 Å². The summed E-state index contributed by atoms with van der Waals surface area (Å²) in [6, 6.07) is 0.108. The molecule has 0 saturated carbocycles. The van der Waals surface area contributed by atoms with Gasteiger partial charge in [-0.2, -0.15) is 0 Å². The van der Waals surface area contributed by atoms with Crippen LogP contribution in [-0.4, -0.2) is 68.6 Å². The molecule has 2 N–H and O–H groups in total. The molecule has 0 bridgehead atoms. The highest BCUT2D eigenvalue weighted by atomic mass is 32.2. The van der Waals surface area contributed by atoms with Gasteiger partial charge < -0.3 is 15.2 Å². The van der Waals surface area contributed by atoms with Crippen molar-refractivity contribution in [2.75, 3.05) is 38.6 Å². The molecular formula is C13H26N2O4S. The first kappa shape index (κ1) is 16.2. The van der Waals surface area contributed by atoms with E-state index in [1.807, 2.05) is 0 Å². The van der Waals surface area contributed by atoms with Gasteiger partial charge in [-0.15, -0.1) is 0 Å². The zero-order valence-corrected chi connectivity index (χ0v) is 12.8. The molecule has 1 atom stereocenters. The zero-order chi connectivity index (χ0) is 14.4. The van der Waals surface area contributed by atoms with Crippen LogP contribution in [0.4, 0.5) is 0 Å². The van der Waals surface area contributed by atoms with Crippen molar-refractivity contribution < 1.29 is 18.3 Å². The fraction of sp³-hybridized carbons (Fsp3) is 1.00. The maximum atomic E-state index is 12.4. The minimum Gasteiger partial charge on any atom is -0.394 e. The Morgan fingerprint density at radius 3 is 2.55 bits per heavy atom. The Morgan fingerprint density at radius 1 is 1.20 bits per heavy atom. The van der Waals surface area contributed by atoms with Crippen LogP contribution in [0.15, 0.2) is 0 Å². The molecule has 2 heterocycles. The molecule has 6 nitrogen and oxygen atoms in total. The minimum atomic E-state index is -3.16. The van der Waals surface area contributed by atoms with E-state index in [1.54, 1.807) is 4.31 Å². The molecule has 2 aliphatic heterocycles. The number of hydrogen-bond donors (Lipinski definition) is 2. The Balaban J connectivity index is 1.79. The lowest BCUT2D eigenvalue weighted by molar-refractivity contribution is 0.00316. The fourth-order valence-electron chi connectivity index (χ4n) is 2.92. The summed E-state index contributed by atoms with van der Waals surface area (Å²) in [6.45, 7) is 2.35. The Hall–Kier alpha value is -0.210. The summed E-state index contributed by atoms with van der Waals surface area (Å²) in [7, 11) is -3.16. The molecule has 0 aromatic carbocycles. The van der Waals surface area contributed by atoms with E-state index < -0.39 is 10.0 Å². The van der Waals surface area contributed by atoms with Crippen LogP contribution in [0.2, 0.25) is 0 Å². The van der Waals surface area contributed by atoms with Crippen molar-refractivity contribution in [1.82, 2.24) is 9.62 Å². The lowest BCUT2D eigenvalue weighted by atomic mass is 10.1. The van der Waals surface area contributed by atoms with Crippen LogP contribution in [0.25, 0.3) is 0 Å². The molecule has 0 spiro atoms. The predicted molar refractivity (Wildman–Crippen MR) is 77.1 cm³/mol. The summed E-state index contributed by atoms with van der Waals surface area (Å²) in [5.41, 5.74) is 0. The SMILES string of the molecule is O=S(=O)(CC1CCCCN1)N1CCC(OCCO)CC1. The van der Waals surface area contributed by atoms with E-state index in [9.17, 15) is 8.42 Å². The van der Waals surface area contributed by atoms with Crippen molar-refractivity contribution in [1.29, 1.82) is 0 Å². The smallest absolute Gasteiger partial charge is 0.215 e. The number of piperidine rings is 2. The highest BCUT2D eigenvalue weighted by molar-refractivity contribution is 7.89. The van der Waals surface area contributed by atoms with Gasteiger partial charge in [-0.1, -0.05) is 6.42 Å². The predicted octanol–water partition coefficient (Wildman–Crippen LogP) is -0.0684. The fourth-order valence-corrected chi connectivity index (χ4v) is 4.69. The number of aliphatic hydroxyl groups is 1. The van der Waals surface area contributed by atoms with E-state index >= 15 is 0 Å². The van der Waals surface area contributed by atoms with Gasteiger partial charge in [0, 0.05) is 19.1 Å². The number of aliphatic hydroxyl groups excluding tert-OH is 1. The molecule has 0 radical (unpaired) electrons. The molecule has 2 saturated heterocycles. The average molecular weight is 306 g/mol. The van der Waals surface area contributed by atoms with Gasteiger partial charge in [-0.3, -0.25) is 0 Å². The average Bonchev–Trinajstić information content (AvgIpc) is 2.46. The van der Waals surface area contributed by atoms with Gasteiger partial charge >= 0.3 is 0 Å². The van der Waals surface area contributed by atoms with Crippen LogP contribution in [0.1, 0.15) is 32.1 Å². The number of nitrogens with one attached hydrogen (secondary N) is 1. The highest BCUT2D eigenvalue weighted by Crippen LogP contribution is 2.19. The maximum Gasteiger partial charge on any atom is 0.215 e. The van der Waals surface area contributed by atoms with Crippen molar-refractivity contribution >= 4 is 10.0 Å². The third-order valence-electron chi connectivity index (χ3n) is 4.06. The summed E-state index contributed by atoms with van der Waals surface area (Å²) in [5, 5.41) is 12.0. The largest absolute Gasteiger partial charge is 0.394 e. The molecule has 118 valence electrons. The second kappa shape index (κ2) is 7.70. The molecule has 2 rings (SSSR count). The van der Waals surface area contributed by atoms with E-state index in [0.29, 0.717) is 19.7 Å². The second-order valence-corrected chi connectivity index (χ2v) is 7.63. The molecule has 2 aliphatic rings. The number of hydrogen-bond acceptors (Lipinski definition) is 5. The Kier molecular flexibility index (Phi) is 6.22. The minimum absolute atomic E-state index is 0.0197. The van der Waals surface area contributed by atoms with Gasteiger partial charge in [0.1, 0.15) is 0 Å². The molecule has 0 aliphatic carbocycles. The number of rotatable bonds is 6. The van der Waals surface area contributed by atoms with Crippen LogP contribution < -0.4 is 5.32 Å². The number of ether oxygens (including phenoxy) is 1. The molecule has 2 fully saturated rings. The number of sulfonamides is 1. The standard InChI is InChI=1S/C13H26N2O4S/c16-9-10-19-13-4-7-15(8-5-13)20(17,18)11-12-3-1-2-6-14-12/h12-14,16H,1-11H2. The van der Waals surface area contributed by atoms with Crippen LogP contribution in [0.3, 0.4) is 0 Å². The molecular weight excluding hydrogens is 280 g/mol. The Morgan fingerprint density at radius 2 is 1.95 bits per heavy atom. The summed E-state index contributed by atoms with van der Waals surface area (Å²) < 4.78 is 31.8. The normalized spacial score (nSPS) is 26.8. The Bertz CT molecular complexity index is 374. The van der Waals surface area contributed by atoms with Crippen LogP contribution >= 0.6 is 0 Å². The number of nitrogens with zero attached hydrogens (tertiary/aromatic N) is 1. The lowest BCUT2D eigenvalue weighted by Gasteiger charge is -2.33. The third kappa shape index (κ3) is 4.66. The third-order valence-corrected chi connectivity index (χ3v) is 6.04. The van der Waals surface area contributed by atoms with Gasteiger partial charge in [0.2, 0.25) is 10.0 Å². The van der Waals surface area contributed by atoms with Gasteiger partial charge in [0.05, 0.1) is 25.1 Å². The summed E-state index contributed by atoms with van der Waals surface area (Å²) in [5.74, 6) is 0.217. The molecule has 20 heavy (non-hydrogen) atoms. The molecule has 7 heteroatoms. The molecule has 0 aromatic rings. The van der Waals surface area contributed by atoms with Crippen molar-refractivity contribution in [3.05, 3.63) is 0 Å². The van der Waals surface area contributed by atoms with Gasteiger partial charge in [0.25, 0.3) is 0 Å². The monoisotopic (exact) mass is 306 g/mol. The molecule has 1 unspecified atom stereocenters. The summed E-state index contributed by atoms with van der Waals surface area (Å²) in [6.07, 6.45) is 4.74. The van der Waals surface area contributed by atoms with E-state index in [1.165, 1.54) is 0 Å². The van der Waals surface area contributed by atoms with Gasteiger partial charge in [-0.25, -0.2) is 12.7 Å². The van der Waals surface area contributed by atoms with E-state index in [4.69, 9.17) is 9.84 Å². The van der Waals surface area contributed by atoms with Crippen molar-refractivity contribution in [2.24, 2.45) is 0 Å². The first-order valence-corrected chi connectivity index (χ1v) is 9.16. The maximum absolute atomic E-state index is 12.4. The molecule has 0 amide bonds. The second-order valence-electron chi connectivity index (χ2n) is 5.62. The zero-order valence-electron chi connectivity index (χ0n) is 12.0. The van der Waals surface area contributed by atoms with Crippen LogP contribution in [0, 0.1) is 0 Å². The van der Waals surface area contributed by atoms with Crippen molar-refractivity contribution in [2.45, 2.75) is 44.2 Å². The van der Waals surface area contributed by atoms with Gasteiger partial charge in [0.15, 0.2) is 0 Å². The van der Waals surface area contributed by atoms with Crippen LogP contribution in [-0.2, 0) is 14.8 Å². The Labute approximate surface area is 121 Å². The lowest BCUT2D eigenvalue weighted by Crippen LogP contribution is -2.47. The highest BCUT2D eigenvalue weighted by Gasteiger charge is 2.30. The van der Waals surface area contributed by atoms with Crippen molar-refractivity contribution in [3.63, 3.8) is 0 Å². The quantitative estimate of drug-likeness (QED) is 0.718. The molecule has 0 aromatic heterocycles. The summed E-state index contributed by atoms with van der Waals surface area (Å²) in [4.78, 5) is 0. The first-order valence-electron chi connectivity index (χ1n) is 7.55. The first-order chi connectivity index (χ1) is 9.62. The van der Waals surface area contributed by atoms with E-state index in [-0.39, 0.29) is 24.5 Å². The topological polar surface area (TPSA) is 78.9 Å².